The number of rotatable bonds is 3. The molecule has 0 fully saturated rings. The molecule has 4 heteroatoms. The molecule has 0 saturated carbocycles. The van der Waals surface area contributed by atoms with Gasteiger partial charge in [-0.1, -0.05) is 24.3 Å². The molecule has 92 valence electrons. The van der Waals surface area contributed by atoms with Gasteiger partial charge in [0.05, 0.1) is 5.52 Å². The van der Waals surface area contributed by atoms with Crippen molar-refractivity contribution in [2.45, 2.75) is 13.5 Å². The quantitative estimate of drug-likeness (QED) is 0.841. The van der Waals surface area contributed by atoms with E-state index in [1.54, 1.807) is 22.8 Å². The summed E-state index contributed by atoms with van der Waals surface area (Å²) in [5, 5.41) is 9.46. The van der Waals surface area contributed by atoms with Crippen LogP contribution in [0.15, 0.2) is 47.4 Å². The lowest BCUT2D eigenvalue weighted by Crippen LogP contribution is -2.19. The molecule has 0 aliphatic heterocycles. The molecule has 0 aliphatic carbocycles. The lowest BCUT2D eigenvalue weighted by Gasteiger charge is -2.11. The first-order valence-electron chi connectivity index (χ1n) is 5.50. The number of fused-ring (bicyclic) bond motifs is 1. The van der Waals surface area contributed by atoms with E-state index in [1.165, 1.54) is 6.20 Å². The molecule has 0 amide bonds. The Morgan fingerprint density at radius 3 is 2.67 bits per heavy atom. The summed E-state index contributed by atoms with van der Waals surface area (Å²) in [4.78, 5) is 23.1. The van der Waals surface area contributed by atoms with E-state index in [-0.39, 0.29) is 5.56 Å². The van der Waals surface area contributed by atoms with Gasteiger partial charge in [-0.25, -0.2) is 4.79 Å². The number of benzene rings is 1. The van der Waals surface area contributed by atoms with Gasteiger partial charge >= 0.3 is 5.97 Å². The summed E-state index contributed by atoms with van der Waals surface area (Å²) in [5.74, 6) is -1.21. The fraction of sp³-hybridized carbons (Fsp3) is 0.143. The highest BCUT2D eigenvalue weighted by molar-refractivity contribution is 5.92. The second-order valence-electron chi connectivity index (χ2n) is 4.28. The van der Waals surface area contributed by atoms with E-state index in [9.17, 15) is 9.59 Å². The van der Waals surface area contributed by atoms with E-state index in [4.69, 9.17) is 5.11 Å². The third kappa shape index (κ3) is 2.05. The first-order valence-corrected chi connectivity index (χ1v) is 5.50. The molecule has 0 saturated heterocycles. The van der Waals surface area contributed by atoms with E-state index >= 15 is 0 Å². The second-order valence-corrected chi connectivity index (χ2v) is 4.28. The fourth-order valence-electron chi connectivity index (χ4n) is 1.92. The minimum atomic E-state index is -1.21. The largest absolute Gasteiger partial charge is 0.477 e. The van der Waals surface area contributed by atoms with Crippen LogP contribution < -0.4 is 5.43 Å². The van der Waals surface area contributed by atoms with Gasteiger partial charge in [-0.15, -0.1) is 0 Å². The van der Waals surface area contributed by atoms with Crippen LogP contribution in [0.5, 0.6) is 0 Å². The van der Waals surface area contributed by atoms with Crippen molar-refractivity contribution in [3.05, 3.63) is 58.4 Å². The lowest BCUT2D eigenvalue weighted by atomic mass is 10.1. The number of aromatic nitrogens is 1. The third-order valence-electron chi connectivity index (χ3n) is 2.66. The maximum absolute atomic E-state index is 12.0. The van der Waals surface area contributed by atoms with Gasteiger partial charge in [0.1, 0.15) is 5.56 Å². The number of allylic oxidation sites excluding steroid dienone is 1. The molecule has 2 aromatic rings. The Morgan fingerprint density at radius 1 is 1.39 bits per heavy atom. The molecule has 0 unspecified atom stereocenters. The maximum atomic E-state index is 12.0. The van der Waals surface area contributed by atoms with Gasteiger partial charge in [-0.05, 0) is 19.1 Å². The summed E-state index contributed by atoms with van der Waals surface area (Å²) in [6.45, 7) is 6.15. The molecule has 1 aromatic carbocycles. The summed E-state index contributed by atoms with van der Waals surface area (Å²) in [6.07, 6.45) is 1.38. The van der Waals surface area contributed by atoms with Crippen LogP contribution in [-0.2, 0) is 6.54 Å². The first-order chi connectivity index (χ1) is 8.50. The van der Waals surface area contributed by atoms with Crippen LogP contribution in [0, 0.1) is 0 Å². The third-order valence-corrected chi connectivity index (χ3v) is 2.66. The average molecular weight is 243 g/mol. The molecule has 0 radical (unpaired) electrons. The Hall–Kier alpha value is -2.36. The molecule has 0 atom stereocenters. The number of hydrogen-bond donors (Lipinski definition) is 1. The van der Waals surface area contributed by atoms with E-state index in [0.717, 1.165) is 11.1 Å². The molecule has 0 aliphatic rings. The number of hydrogen-bond acceptors (Lipinski definition) is 2. The number of pyridine rings is 1. The molecule has 1 N–H and O–H groups in total. The van der Waals surface area contributed by atoms with Crippen LogP contribution in [0.3, 0.4) is 0 Å². The van der Waals surface area contributed by atoms with Crippen molar-refractivity contribution >= 4 is 16.9 Å². The normalized spacial score (nSPS) is 10.5. The zero-order chi connectivity index (χ0) is 13.3. The summed E-state index contributed by atoms with van der Waals surface area (Å²) < 4.78 is 1.74. The Balaban J connectivity index is 2.84. The number of carboxylic acid groups (broad SMARTS) is 1. The highest BCUT2D eigenvalue weighted by Crippen LogP contribution is 2.13. The van der Waals surface area contributed by atoms with E-state index in [0.29, 0.717) is 11.9 Å². The van der Waals surface area contributed by atoms with Crippen molar-refractivity contribution in [1.82, 2.24) is 4.57 Å². The highest BCUT2D eigenvalue weighted by atomic mass is 16.4. The number of aromatic carboxylic acids is 1. The van der Waals surface area contributed by atoms with Gasteiger partial charge in [0.25, 0.3) is 0 Å². The highest BCUT2D eigenvalue weighted by Gasteiger charge is 2.13. The van der Waals surface area contributed by atoms with Crippen LogP contribution in [0.1, 0.15) is 17.3 Å². The van der Waals surface area contributed by atoms with Crippen LogP contribution in [0.2, 0.25) is 0 Å². The number of nitrogens with zero attached hydrogens (tertiary/aromatic N) is 1. The van der Waals surface area contributed by atoms with E-state index in [2.05, 4.69) is 6.58 Å². The van der Waals surface area contributed by atoms with Gasteiger partial charge in [-0.3, -0.25) is 4.79 Å². The zero-order valence-electron chi connectivity index (χ0n) is 10.0. The summed E-state index contributed by atoms with van der Waals surface area (Å²) in [5.41, 5.74) is 0.946. The standard InChI is InChI=1S/C14H13NO3/c1-9(2)7-15-8-11(14(17)18)13(16)10-5-3-4-6-12(10)15/h3-6,8H,1,7H2,2H3,(H,17,18). The minimum Gasteiger partial charge on any atom is -0.477 e. The van der Waals surface area contributed by atoms with Gasteiger partial charge < -0.3 is 9.67 Å². The Bertz CT molecular complexity index is 698. The van der Waals surface area contributed by atoms with Crippen molar-refractivity contribution in [2.24, 2.45) is 0 Å². The summed E-state index contributed by atoms with van der Waals surface area (Å²) in [6, 6.07) is 6.97. The molecule has 1 aromatic heterocycles. The Kier molecular flexibility index (Phi) is 3.02. The number of para-hydroxylation sites is 1. The van der Waals surface area contributed by atoms with Gasteiger partial charge in [0.15, 0.2) is 0 Å². The van der Waals surface area contributed by atoms with Gasteiger partial charge in [-0.2, -0.15) is 0 Å². The smallest absolute Gasteiger partial charge is 0.341 e. The molecule has 2 rings (SSSR count). The number of carbonyl (C=O) groups is 1. The minimum absolute atomic E-state index is 0.213. The van der Waals surface area contributed by atoms with E-state index in [1.807, 2.05) is 13.0 Å². The predicted octanol–water partition coefficient (Wildman–Crippen LogP) is 2.28. The average Bonchev–Trinajstić information content (AvgIpc) is 2.32. The van der Waals surface area contributed by atoms with Crippen LogP contribution >= 0.6 is 0 Å². The van der Waals surface area contributed by atoms with Crippen LogP contribution in [0.4, 0.5) is 0 Å². The topological polar surface area (TPSA) is 59.3 Å². The lowest BCUT2D eigenvalue weighted by molar-refractivity contribution is 0.0695. The fourth-order valence-corrected chi connectivity index (χ4v) is 1.92. The predicted molar refractivity (Wildman–Crippen MR) is 70.0 cm³/mol. The molecular formula is C14H13NO3. The maximum Gasteiger partial charge on any atom is 0.341 e. The zero-order valence-corrected chi connectivity index (χ0v) is 10.0. The molecule has 1 heterocycles. The molecule has 4 nitrogen and oxygen atoms in total. The summed E-state index contributed by atoms with van der Waals surface area (Å²) in [7, 11) is 0. The molecule has 0 bridgehead atoms. The Morgan fingerprint density at radius 2 is 2.06 bits per heavy atom. The SMILES string of the molecule is C=C(C)Cn1cc(C(=O)O)c(=O)c2ccccc21. The first kappa shape index (κ1) is 12.1. The van der Waals surface area contributed by atoms with Gasteiger partial charge in [0.2, 0.25) is 5.43 Å². The summed E-state index contributed by atoms with van der Waals surface area (Å²) >= 11 is 0. The van der Waals surface area contributed by atoms with E-state index < -0.39 is 11.4 Å². The van der Waals surface area contributed by atoms with Crippen LogP contribution in [0.25, 0.3) is 10.9 Å². The Labute approximate surface area is 104 Å². The van der Waals surface area contributed by atoms with Crippen molar-refractivity contribution in [3.63, 3.8) is 0 Å². The van der Waals surface area contributed by atoms with Gasteiger partial charge in [0, 0.05) is 18.1 Å². The van der Waals surface area contributed by atoms with Crippen molar-refractivity contribution in [3.8, 4) is 0 Å². The second kappa shape index (κ2) is 4.49. The van der Waals surface area contributed by atoms with Crippen molar-refractivity contribution in [2.75, 3.05) is 0 Å². The van der Waals surface area contributed by atoms with Crippen molar-refractivity contribution in [1.29, 1.82) is 0 Å². The number of carboxylic acids is 1. The molecule has 0 spiro atoms. The van der Waals surface area contributed by atoms with Crippen LogP contribution in [-0.4, -0.2) is 15.6 Å². The van der Waals surface area contributed by atoms with Crippen molar-refractivity contribution < 1.29 is 9.90 Å². The monoisotopic (exact) mass is 243 g/mol. The molecular weight excluding hydrogens is 230 g/mol. The molecule has 18 heavy (non-hydrogen) atoms.